The van der Waals surface area contributed by atoms with E-state index < -0.39 is 6.10 Å². The SMILES string of the molecule is COc1ccc(Cl)cc1/C=C/C(=O)NC(C)CC(O)c1ccco1. The fourth-order valence-electron chi connectivity index (χ4n) is 2.28. The lowest BCUT2D eigenvalue weighted by Gasteiger charge is -2.15. The van der Waals surface area contributed by atoms with Crippen LogP contribution >= 0.6 is 11.6 Å². The lowest BCUT2D eigenvalue weighted by molar-refractivity contribution is -0.117. The van der Waals surface area contributed by atoms with E-state index in [0.29, 0.717) is 28.5 Å². The van der Waals surface area contributed by atoms with E-state index >= 15 is 0 Å². The second kappa shape index (κ2) is 8.57. The number of carbonyl (C=O) groups is 1. The van der Waals surface area contributed by atoms with Gasteiger partial charge in [0.25, 0.3) is 0 Å². The third-order valence-corrected chi connectivity index (χ3v) is 3.68. The number of rotatable bonds is 7. The molecule has 0 saturated carbocycles. The third-order valence-electron chi connectivity index (χ3n) is 3.44. The van der Waals surface area contributed by atoms with Gasteiger partial charge in [0.1, 0.15) is 17.6 Å². The lowest BCUT2D eigenvalue weighted by atomic mass is 10.1. The van der Waals surface area contributed by atoms with Crippen LogP contribution in [0.25, 0.3) is 6.08 Å². The van der Waals surface area contributed by atoms with Crippen molar-refractivity contribution in [1.29, 1.82) is 0 Å². The van der Waals surface area contributed by atoms with E-state index in [1.807, 2.05) is 6.92 Å². The monoisotopic (exact) mass is 349 g/mol. The molecule has 2 aromatic rings. The van der Waals surface area contributed by atoms with Gasteiger partial charge in [0, 0.05) is 29.1 Å². The molecule has 0 radical (unpaired) electrons. The van der Waals surface area contributed by atoms with Crippen molar-refractivity contribution in [1.82, 2.24) is 5.32 Å². The summed E-state index contributed by atoms with van der Waals surface area (Å²) in [5.74, 6) is 0.844. The van der Waals surface area contributed by atoms with Crippen LogP contribution in [0.5, 0.6) is 5.75 Å². The first-order chi connectivity index (χ1) is 11.5. The molecule has 0 aliphatic carbocycles. The van der Waals surface area contributed by atoms with Gasteiger partial charge in [-0.05, 0) is 43.3 Å². The van der Waals surface area contributed by atoms with Crippen LogP contribution in [-0.2, 0) is 4.79 Å². The van der Waals surface area contributed by atoms with Crippen LogP contribution in [0.4, 0.5) is 0 Å². The van der Waals surface area contributed by atoms with Crippen molar-refractivity contribution in [3.63, 3.8) is 0 Å². The predicted octanol–water partition coefficient (Wildman–Crippen LogP) is 3.58. The first-order valence-corrected chi connectivity index (χ1v) is 7.91. The Labute approximate surface area is 145 Å². The van der Waals surface area contributed by atoms with Crippen LogP contribution in [0.15, 0.2) is 47.1 Å². The van der Waals surface area contributed by atoms with E-state index in [-0.39, 0.29) is 11.9 Å². The van der Waals surface area contributed by atoms with Gasteiger partial charge in [-0.25, -0.2) is 0 Å². The normalized spacial score (nSPS) is 13.7. The Kier molecular flexibility index (Phi) is 6.46. The number of hydrogen-bond acceptors (Lipinski definition) is 4. The molecule has 1 aromatic heterocycles. The molecule has 0 spiro atoms. The molecule has 0 fully saturated rings. The first-order valence-electron chi connectivity index (χ1n) is 7.53. The molecular weight excluding hydrogens is 330 g/mol. The highest BCUT2D eigenvalue weighted by Gasteiger charge is 2.15. The number of amides is 1. The van der Waals surface area contributed by atoms with Gasteiger partial charge in [-0.2, -0.15) is 0 Å². The van der Waals surface area contributed by atoms with Crippen molar-refractivity contribution in [2.75, 3.05) is 7.11 Å². The number of ether oxygens (including phenoxy) is 1. The van der Waals surface area contributed by atoms with Crippen molar-refractivity contribution < 1.29 is 19.1 Å². The second-order valence-corrected chi connectivity index (χ2v) is 5.83. The number of carbonyl (C=O) groups excluding carboxylic acids is 1. The van der Waals surface area contributed by atoms with Crippen molar-refractivity contribution in [3.05, 3.63) is 59.0 Å². The van der Waals surface area contributed by atoms with Gasteiger partial charge in [-0.1, -0.05) is 11.6 Å². The fraction of sp³-hybridized carbons (Fsp3) is 0.278. The summed E-state index contributed by atoms with van der Waals surface area (Å²) in [4.78, 5) is 12.0. The van der Waals surface area contributed by atoms with Crippen LogP contribution in [0.1, 0.15) is 30.8 Å². The van der Waals surface area contributed by atoms with Crippen LogP contribution in [-0.4, -0.2) is 24.2 Å². The zero-order valence-electron chi connectivity index (χ0n) is 13.5. The van der Waals surface area contributed by atoms with E-state index in [1.54, 1.807) is 43.5 Å². The number of benzene rings is 1. The van der Waals surface area contributed by atoms with E-state index in [1.165, 1.54) is 12.3 Å². The summed E-state index contributed by atoms with van der Waals surface area (Å²) in [5, 5.41) is 13.4. The van der Waals surface area contributed by atoms with Gasteiger partial charge in [0.05, 0.1) is 13.4 Å². The third kappa shape index (κ3) is 5.15. The number of aliphatic hydroxyl groups excluding tert-OH is 1. The number of halogens is 1. The van der Waals surface area contributed by atoms with Gasteiger partial charge < -0.3 is 19.6 Å². The van der Waals surface area contributed by atoms with Crippen molar-refractivity contribution in [2.45, 2.75) is 25.5 Å². The van der Waals surface area contributed by atoms with E-state index in [2.05, 4.69) is 5.32 Å². The summed E-state index contributed by atoms with van der Waals surface area (Å²) in [5.41, 5.74) is 0.712. The van der Waals surface area contributed by atoms with E-state index in [9.17, 15) is 9.90 Å². The molecule has 6 heteroatoms. The predicted molar refractivity (Wildman–Crippen MR) is 92.9 cm³/mol. The molecule has 1 amide bonds. The van der Waals surface area contributed by atoms with E-state index in [4.69, 9.17) is 20.8 Å². The molecule has 0 bridgehead atoms. The minimum absolute atomic E-state index is 0.219. The summed E-state index contributed by atoms with van der Waals surface area (Å²) in [6.07, 6.45) is 4.14. The second-order valence-electron chi connectivity index (χ2n) is 5.40. The molecular formula is C18H20ClNO4. The number of hydrogen-bond donors (Lipinski definition) is 2. The van der Waals surface area contributed by atoms with Gasteiger partial charge in [0.2, 0.25) is 5.91 Å². The molecule has 2 N–H and O–H groups in total. The maximum absolute atomic E-state index is 12.0. The van der Waals surface area contributed by atoms with E-state index in [0.717, 1.165) is 0 Å². The van der Waals surface area contributed by atoms with Gasteiger partial charge >= 0.3 is 0 Å². The Bertz CT molecular complexity index is 697. The van der Waals surface area contributed by atoms with Crippen LogP contribution < -0.4 is 10.1 Å². The Morgan fingerprint density at radius 3 is 2.92 bits per heavy atom. The Balaban J connectivity index is 1.91. The Morgan fingerprint density at radius 1 is 1.46 bits per heavy atom. The quantitative estimate of drug-likeness (QED) is 0.749. The molecule has 24 heavy (non-hydrogen) atoms. The average molecular weight is 350 g/mol. The molecule has 0 aliphatic heterocycles. The Morgan fingerprint density at radius 2 is 2.25 bits per heavy atom. The highest BCUT2D eigenvalue weighted by atomic mass is 35.5. The minimum atomic E-state index is -0.757. The minimum Gasteiger partial charge on any atom is -0.496 e. The summed E-state index contributed by atoms with van der Waals surface area (Å²) in [7, 11) is 1.55. The molecule has 0 aliphatic rings. The van der Waals surface area contributed by atoms with Crippen molar-refractivity contribution in [2.24, 2.45) is 0 Å². The summed E-state index contributed by atoms with van der Waals surface area (Å²) >= 11 is 5.95. The van der Waals surface area contributed by atoms with Crippen LogP contribution in [0.3, 0.4) is 0 Å². The number of methoxy groups -OCH3 is 1. The fourth-order valence-corrected chi connectivity index (χ4v) is 2.46. The summed E-state index contributed by atoms with van der Waals surface area (Å²) in [6, 6.07) is 8.36. The highest BCUT2D eigenvalue weighted by molar-refractivity contribution is 6.30. The molecule has 1 heterocycles. The lowest BCUT2D eigenvalue weighted by Crippen LogP contribution is -2.32. The number of aliphatic hydroxyl groups is 1. The molecule has 2 unspecified atom stereocenters. The molecule has 2 atom stereocenters. The van der Waals surface area contributed by atoms with Crippen LogP contribution in [0, 0.1) is 0 Å². The van der Waals surface area contributed by atoms with Gasteiger partial charge in [0.15, 0.2) is 0 Å². The molecule has 5 nitrogen and oxygen atoms in total. The van der Waals surface area contributed by atoms with Gasteiger partial charge in [-0.15, -0.1) is 0 Å². The molecule has 0 saturated heterocycles. The zero-order valence-corrected chi connectivity index (χ0v) is 14.3. The average Bonchev–Trinajstić information content (AvgIpc) is 3.07. The maximum atomic E-state index is 12.0. The largest absolute Gasteiger partial charge is 0.496 e. The number of furan rings is 1. The first kappa shape index (κ1) is 18.1. The highest BCUT2D eigenvalue weighted by Crippen LogP contribution is 2.23. The standard InChI is InChI=1S/C18H20ClNO4/c1-12(10-15(21)17-4-3-9-24-17)20-18(22)8-5-13-11-14(19)6-7-16(13)23-2/h3-9,11-12,15,21H,10H2,1-2H3,(H,20,22)/b8-5+. The summed E-state index contributed by atoms with van der Waals surface area (Å²) in [6.45, 7) is 1.82. The zero-order chi connectivity index (χ0) is 17.5. The smallest absolute Gasteiger partial charge is 0.244 e. The van der Waals surface area contributed by atoms with Crippen molar-refractivity contribution >= 4 is 23.6 Å². The van der Waals surface area contributed by atoms with Crippen LogP contribution in [0.2, 0.25) is 5.02 Å². The molecule has 1 aromatic carbocycles. The summed E-state index contributed by atoms with van der Waals surface area (Å²) < 4.78 is 10.4. The Hall–Kier alpha value is -2.24. The number of nitrogens with one attached hydrogen (secondary N) is 1. The molecule has 2 rings (SSSR count). The maximum Gasteiger partial charge on any atom is 0.244 e. The molecule has 128 valence electrons. The van der Waals surface area contributed by atoms with Crippen molar-refractivity contribution in [3.8, 4) is 5.75 Å². The topological polar surface area (TPSA) is 71.7 Å². The van der Waals surface area contributed by atoms with Gasteiger partial charge in [-0.3, -0.25) is 4.79 Å².